The molecule has 8 heteroatoms. The summed E-state index contributed by atoms with van der Waals surface area (Å²) in [6.45, 7) is 2.25. The highest BCUT2D eigenvalue weighted by Crippen LogP contribution is 2.21. The van der Waals surface area contributed by atoms with E-state index in [2.05, 4.69) is 4.72 Å². The average molecular weight is 292 g/mol. The number of thiophene rings is 1. The first kappa shape index (κ1) is 14.9. The molecule has 0 aromatic carbocycles. The zero-order valence-electron chi connectivity index (χ0n) is 10.0. The van der Waals surface area contributed by atoms with Crippen LogP contribution in [0.4, 0.5) is 5.69 Å². The van der Waals surface area contributed by atoms with Crippen molar-refractivity contribution in [3.8, 4) is 0 Å². The van der Waals surface area contributed by atoms with Crippen molar-refractivity contribution in [2.45, 2.75) is 24.0 Å². The summed E-state index contributed by atoms with van der Waals surface area (Å²) in [7, 11) is -3.51. The van der Waals surface area contributed by atoms with Crippen molar-refractivity contribution in [2.75, 3.05) is 18.9 Å². The van der Waals surface area contributed by atoms with Gasteiger partial charge in [-0.15, -0.1) is 11.3 Å². The Morgan fingerprint density at radius 3 is 2.83 bits per heavy atom. The maximum Gasteiger partial charge on any atom is 0.305 e. The van der Waals surface area contributed by atoms with Crippen LogP contribution in [-0.2, 0) is 19.6 Å². The standard InChI is InChI=1S/C10H16N2O4S2/c1-2-16-9(13)4-3-5-12-18(14,15)10-6-8(11)7-17-10/h6-7,12H,2-5,11H2,1H3. The van der Waals surface area contributed by atoms with Crippen LogP contribution in [0.25, 0.3) is 0 Å². The molecule has 0 bridgehead atoms. The van der Waals surface area contributed by atoms with Gasteiger partial charge < -0.3 is 10.5 Å². The smallest absolute Gasteiger partial charge is 0.305 e. The Morgan fingerprint density at radius 2 is 2.28 bits per heavy atom. The zero-order valence-corrected chi connectivity index (χ0v) is 11.6. The van der Waals surface area contributed by atoms with E-state index in [1.807, 2.05) is 0 Å². The maximum atomic E-state index is 11.7. The molecule has 0 fully saturated rings. The van der Waals surface area contributed by atoms with Gasteiger partial charge in [0.05, 0.1) is 6.61 Å². The van der Waals surface area contributed by atoms with E-state index in [1.54, 1.807) is 12.3 Å². The van der Waals surface area contributed by atoms with E-state index in [4.69, 9.17) is 10.5 Å². The summed E-state index contributed by atoms with van der Waals surface area (Å²) in [6.07, 6.45) is 0.599. The molecular formula is C10H16N2O4S2. The van der Waals surface area contributed by atoms with Gasteiger partial charge in [0.15, 0.2) is 0 Å². The third-order valence-electron chi connectivity index (χ3n) is 2.02. The van der Waals surface area contributed by atoms with Crippen LogP contribution in [0, 0.1) is 0 Å². The summed E-state index contributed by atoms with van der Waals surface area (Å²) in [4.78, 5) is 11.0. The molecule has 0 atom stereocenters. The molecule has 0 saturated heterocycles. The van der Waals surface area contributed by atoms with Crippen molar-refractivity contribution in [1.29, 1.82) is 0 Å². The lowest BCUT2D eigenvalue weighted by atomic mass is 10.3. The third kappa shape index (κ3) is 4.63. The minimum absolute atomic E-state index is 0.177. The molecule has 102 valence electrons. The molecule has 1 aromatic rings. The molecule has 0 aliphatic carbocycles. The van der Waals surface area contributed by atoms with Gasteiger partial charge in [-0.2, -0.15) is 0 Å². The normalized spacial score (nSPS) is 11.4. The SMILES string of the molecule is CCOC(=O)CCCNS(=O)(=O)c1cc(N)cs1. The van der Waals surface area contributed by atoms with Crippen LogP contribution in [0.2, 0.25) is 0 Å². The number of nitrogen functional groups attached to an aromatic ring is 1. The fourth-order valence-electron chi connectivity index (χ4n) is 1.21. The van der Waals surface area contributed by atoms with Crippen LogP contribution >= 0.6 is 11.3 Å². The maximum absolute atomic E-state index is 11.7. The van der Waals surface area contributed by atoms with E-state index in [1.165, 1.54) is 6.07 Å². The number of rotatable bonds is 7. The fraction of sp³-hybridized carbons (Fsp3) is 0.500. The van der Waals surface area contributed by atoms with Gasteiger partial charge in [-0.25, -0.2) is 13.1 Å². The number of ether oxygens (including phenoxy) is 1. The molecule has 0 saturated carbocycles. The quantitative estimate of drug-likeness (QED) is 0.576. The molecule has 0 amide bonds. The molecule has 0 aliphatic rings. The Kier molecular flexibility index (Phi) is 5.57. The average Bonchev–Trinajstić information content (AvgIpc) is 2.72. The predicted molar refractivity (Wildman–Crippen MR) is 69.8 cm³/mol. The number of hydrogen-bond acceptors (Lipinski definition) is 6. The van der Waals surface area contributed by atoms with Gasteiger partial charge in [-0.3, -0.25) is 4.79 Å². The monoisotopic (exact) mass is 292 g/mol. The van der Waals surface area contributed by atoms with Crippen LogP contribution in [-0.4, -0.2) is 27.5 Å². The number of carbonyl (C=O) groups is 1. The molecule has 18 heavy (non-hydrogen) atoms. The van der Waals surface area contributed by atoms with Crippen molar-refractivity contribution in [1.82, 2.24) is 4.72 Å². The van der Waals surface area contributed by atoms with Crippen molar-refractivity contribution < 1.29 is 17.9 Å². The van der Waals surface area contributed by atoms with Crippen LogP contribution in [0.5, 0.6) is 0 Å². The largest absolute Gasteiger partial charge is 0.466 e. The summed E-state index contributed by atoms with van der Waals surface area (Å²) in [5.74, 6) is -0.322. The molecule has 0 spiro atoms. The molecule has 1 heterocycles. The van der Waals surface area contributed by atoms with Crippen LogP contribution in [0.3, 0.4) is 0 Å². The molecule has 0 radical (unpaired) electrons. The first-order valence-electron chi connectivity index (χ1n) is 5.45. The molecule has 1 rings (SSSR count). The Bertz CT molecular complexity index is 496. The summed E-state index contributed by atoms with van der Waals surface area (Å²) in [6, 6.07) is 1.40. The van der Waals surface area contributed by atoms with Gasteiger partial charge >= 0.3 is 5.97 Å². The lowest BCUT2D eigenvalue weighted by molar-refractivity contribution is -0.143. The van der Waals surface area contributed by atoms with E-state index in [9.17, 15) is 13.2 Å². The Morgan fingerprint density at radius 1 is 1.56 bits per heavy atom. The molecule has 3 N–H and O–H groups in total. The first-order chi connectivity index (χ1) is 8.45. The van der Waals surface area contributed by atoms with Crippen molar-refractivity contribution >= 4 is 33.0 Å². The topological polar surface area (TPSA) is 98.5 Å². The second-order valence-electron chi connectivity index (χ2n) is 3.51. The number of hydrogen-bond donors (Lipinski definition) is 2. The van der Waals surface area contributed by atoms with Gasteiger partial charge in [-0.05, 0) is 19.4 Å². The van der Waals surface area contributed by atoms with E-state index >= 15 is 0 Å². The Balaban J connectivity index is 2.37. The Labute approximate surface area is 110 Å². The first-order valence-corrected chi connectivity index (χ1v) is 7.81. The highest BCUT2D eigenvalue weighted by atomic mass is 32.2. The van der Waals surface area contributed by atoms with E-state index in [-0.39, 0.29) is 23.1 Å². The summed E-state index contributed by atoms with van der Waals surface area (Å²) < 4.78 is 30.8. The lowest BCUT2D eigenvalue weighted by Gasteiger charge is -2.04. The lowest BCUT2D eigenvalue weighted by Crippen LogP contribution is -2.24. The summed E-state index contributed by atoms with van der Waals surface area (Å²) in [5, 5.41) is 1.56. The molecule has 6 nitrogen and oxygen atoms in total. The highest BCUT2D eigenvalue weighted by molar-refractivity contribution is 7.91. The molecule has 1 aromatic heterocycles. The minimum Gasteiger partial charge on any atom is -0.466 e. The van der Waals surface area contributed by atoms with Crippen molar-refractivity contribution in [2.24, 2.45) is 0 Å². The van der Waals surface area contributed by atoms with Gasteiger partial charge in [0.1, 0.15) is 4.21 Å². The fourth-order valence-corrected chi connectivity index (χ4v) is 3.41. The Hall–Kier alpha value is -1.12. The van der Waals surface area contributed by atoms with E-state index in [0.717, 1.165) is 11.3 Å². The second kappa shape index (κ2) is 6.72. The molecule has 0 unspecified atom stereocenters. The summed E-state index contributed by atoms with van der Waals surface area (Å²) in [5.41, 5.74) is 5.88. The van der Waals surface area contributed by atoms with E-state index in [0.29, 0.717) is 18.7 Å². The number of sulfonamides is 1. The van der Waals surface area contributed by atoms with Gasteiger partial charge in [-0.1, -0.05) is 0 Å². The zero-order chi connectivity index (χ0) is 13.6. The number of carbonyl (C=O) groups excluding carboxylic acids is 1. The van der Waals surface area contributed by atoms with Crippen molar-refractivity contribution in [3.05, 3.63) is 11.4 Å². The van der Waals surface area contributed by atoms with Crippen LogP contribution < -0.4 is 10.5 Å². The number of anilines is 1. The predicted octanol–water partition coefficient (Wildman–Crippen LogP) is 0.952. The van der Waals surface area contributed by atoms with Crippen LogP contribution in [0.1, 0.15) is 19.8 Å². The van der Waals surface area contributed by atoms with Gasteiger partial charge in [0.25, 0.3) is 0 Å². The van der Waals surface area contributed by atoms with Gasteiger partial charge in [0, 0.05) is 24.0 Å². The van der Waals surface area contributed by atoms with Crippen molar-refractivity contribution in [3.63, 3.8) is 0 Å². The second-order valence-corrected chi connectivity index (χ2v) is 6.41. The van der Waals surface area contributed by atoms with Crippen LogP contribution in [0.15, 0.2) is 15.7 Å². The number of nitrogens with one attached hydrogen (secondary N) is 1. The third-order valence-corrected chi connectivity index (χ3v) is 4.93. The van der Waals surface area contributed by atoms with Gasteiger partial charge in [0.2, 0.25) is 10.0 Å². The summed E-state index contributed by atoms with van der Waals surface area (Å²) >= 11 is 1.06. The molecule has 0 aliphatic heterocycles. The number of nitrogens with two attached hydrogens (primary N) is 1. The van der Waals surface area contributed by atoms with E-state index < -0.39 is 10.0 Å². The highest BCUT2D eigenvalue weighted by Gasteiger charge is 2.15. The molecular weight excluding hydrogens is 276 g/mol. The number of esters is 1. The minimum atomic E-state index is -3.51.